The molecule has 0 aliphatic heterocycles. The molecule has 2 aromatic heterocycles. The summed E-state index contributed by atoms with van der Waals surface area (Å²) < 4.78 is 2.86. The molecule has 0 N–H and O–H groups in total. The lowest BCUT2D eigenvalue weighted by Crippen LogP contribution is -1.99. The summed E-state index contributed by atoms with van der Waals surface area (Å²) in [6, 6.07) is 19.6. The Morgan fingerprint density at radius 3 is 2.00 bits per heavy atom. The highest BCUT2D eigenvalue weighted by Gasteiger charge is 2.33. The minimum absolute atomic E-state index is 0.214. The number of benzene rings is 3. The van der Waals surface area contributed by atoms with Crippen molar-refractivity contribution in [2.75, 3.05) is 0 Å². The van der Waals surface area contributed by atoms with Crippen molar-refractivity contribution in [3.8, 4) is 10.6 Å². The predicted molar refractivity (Wildman–Crippen MR) is 139 cm³/mol. The van der Waals surface area contributed by atoms with Crippen LogP contribution in [0.2, 0.25) is 0 Å². The number of thiophene rings is 1. The van der Waals surface area contributed by atoms with E-state index in [-0.39, 0.29) is 17.1 Å². The van der Waals surface area contributed by atoms with E-state index in [2.05, 4.69) is 31.9 Å². The zero-order valence-corrected chi connectivity index (χ0v) is 21.0. The van der Waals surface area contributed by atoms with Gasteiger partial charge in [0, 0.05) is 30.5 Å². The summed E-state index contributed by atoms with van der Waals surface area (Å²) in [7, 11) is 0. The van der Waals surface area contributed by atoms with E-state index in [0.717, 1.165) is 44.7 Å². The minimum atomic E-state index is -0.222. The number of carbonyl (C=O) groups is 2. The normalized spacial score (nSPS) is 13.4. The molecule has 0 unspecified atom stereocenters. The van der Waals surface area contributed by atoms with Crippen molar-refractivity contribution in [1.82, 2.24) is 4.98 Å². The van der Waals surface area contributed by atoms with Crippen molar-refractivity contribution in [1.29, 1.82) is 0 Å². The van der Waals surface area contributed by atoms with Crippen molar-refractivity contribution in [3.63, 3.8) is 0 Å². The monoisotopic (exact) mass is 579 g/mol. The number of halogens is 2. The molecule has 7 heteroatoms. The van der Waals surface area contributed by atoms with Crippen LogP contribution in [0.3, 0.4) is 0 Å². The molecule has 0 atom stereocenters. The number of carbonyl (C=O) groups excluding carboxylic acids is 2. The molecule has 6 rings (SSSR count). The molecule has 5 aromatic rings. The summed E-state index contributed by atoms with van der Waals surface area (Å²) >= 11 is 10.1. The molecule has 32 heavy (non-hydrogen) atoms. The molecule has 0 radical (unpaired) electrons. The number of nitrogens with zero attached hydrogens (tertiary/aromatic N) is 1. The third-order valence-electron chi connectivity index (χ3n) is 5.41. The minimum Gasteiger partial charge on any atom is -0.288 e. The second-order valence-corrected chi connectivity index (χ2v) is 11.2. The molecule has 3 aromatic carbocycles. The Balaban J connectivity index is 1.39. The fraction of sp³-hybridized carbons (Fsp3) is 0. The first-order chi connectivity index (χ1) is 15.5. The van der Waals surface area contributed by atoms with Crippen LogP contribution in [0.1, 0.15) is 25.6 Å². The molecule has 0 fully saturated rings. The van der Waals surface area contributed by atoms with Crippen LogP contribution in [0.5, 0.6) is 0 Å². The third-order valence-corrected chi connectivity index (χ3v) is 9.41. The standard InChI is InChI=1S/C25H11Br2NO2S2/c26-19-8-13-6-16-17(7-14(13)9-20(19)27)23(30)18(22(16)29)10-15-11-21-25(31-15)28-24(32-21)12-4-2-1-3-5-12/h1-11H. The topological polar surface area (TPSA) is 47.0 Å². The van der Waals surface area contributed by atoms with Gasteiger partial charge in [0.1, 0.15) is 9.84 Å². The van der Waals surface area contributed by atoms with Gasteiger partial charge in [0.2, 0.25) is 0 Å². The second-order valence-electron chi connectivity index (χ2n) is 7.43. The Hall–Kier alpha value is -2.45. The number of rotatable bonds is 2. The second kappa shape index (κ2) is 7.56. The number of allylic oxidation sites excluding steroid dienone is 1. The van der Waals surface area contributed by atoms with Gasteiger partial charge >= 0.3 is 0 Å². The Bertz CT molecular complexity index is 1540. The molecule has 3 nitrogen and oxygen atoms in total. The van der Waals surface area contributed by atoms with Crippen molar-refractivity contribution in [2.45, 2.75) is 0 Å². The van der Waals surface area contributed by atoms with Crippen LogP contribution in [-0.2, 0) is 0 Å². The van der Waals surface area contributed by atoms with Gasteiger partial charge in [-0.15, -0.1) is 22.7 Å². The van der Waals surface area contributed by atoms with E-state index in [4.69, 9.17) is 4.98 Å². The van der Waals surface area contributed by atoms with E-state index in [9.17, 15) is 9.59 Å². The van der Waals surface area contributed by atoms with E-state index in [1.54, 1.807) is 17.4 Å². The molecule has 0 saturated carbocycles. The average molecular weight is 581 g/mol. The van der Waals surface area contributed by atoms with Crippen LogP contribution in [0.15, 0.2) is 75.2 Å². The van der Waals surface area contributed by atoms with Gasteiger partial charge in [-0.25, -0.2) is 4.98 Å². The molecule has 0 bridgehead atoms. The summed E-state index contributed by atoms with van der Waals surface area (Å²) in [6.07, 6.45) is 1.71. The first-order valence-electron chi connectivity index (χ1n) is 9.67. The van der Waals surface area contributed by atoms with Crippen LogP contribution >= 0.6 is 54.5 Å². The summed E-state index contributed by atoms with van der Waals surface area (Å²) in [6.45, 7) is 0. The first-order valence-corrected chi connectivity index (χ1v) is 12.9. The van der Waals surface area contributed by atoms with Gasteiger partial charge in [0.15, 0.2) is 11.6 Å². The van der Waals surface area contributed by atoms with Gasteiger partial charge in [0.05, 0.1) is 10.3 Å². The van der Waals surface area contributed by atoms with Crippen LogP contribution < -0.4 is 0 Å². The Labute approximate surface area is 207 Å². The first kappa shape index (κ1) is 20.2. The lowest BCUT2D eigenvalue weighted by Gasteiger charge is -2.04. The molecule has 1 aliphatic carbocycles. The maximum absolute atomic E-state index is 13.1. The lowest BCUT2D eigenvalue weighted by atomic mass is 10.0. The van der Waals surface area contributed by atoms with Crippen molar-refractivity contribution in [2.24, 2.45) is 0 Å². The SMILES string of the molecule is O=C1C(=Cc2cc3sc(-c4ccccc4)nc3s2)C(=O)c2cc3cc(Br)c(Br)cc3cc21. The number of ketones is 2. The highest BCUT2D eigenvalue weighted by molar-refractivity contribution is 9.13. The zero-order valence-electron chi connectivity index (χ0n) is 16.2. The number of Topliss-reactive ketones (excluding diaryl/α,β-unsaturated/α-hetero) is 2. The van der Waals surface area contributed by atoms with Crippen LogP contribution in [-0.4, -0.2) is 16.6 Å². The highest BCUT2D eigenvalue weighted by atomic mass is 79.9. The van der Waals surface area contributed by atoms with E-state index >= 15 is 0 Å². The maximum Gasteiger partial charge on any atom is 0.197 e. The van der Waals surface area contributed by atoms with Gasteiger partial charge in [0.25, 0.3) is 0 Å². The van der Waals surface area contributed by atoms with Gasteiger partial charge in [-0.1, -0.05) is 30.3 Å². The van der Waals surface area contributed by atoms with Crippen LogP contribution in [0.25, 0.3) is 36.9 Å². The van der Waals surface area contributed by atoms with Gasteiger partial charge in [-0.3, -0.25) is 9.59 Å². The lowest BCUT2D eigenvalue weighted by molar-refractivity contribution is 0.0990. The van der Waals surface area contributed by atoms with E-state index in [0.29, 0.717) is 11.1 Å². The zero-order chi connectivity index (χ0) is 22.0. The molecular weight excluding hydrogens is 570 g/mol. The summed E-state index contributed by atoms with van der Waals surface area (Å²) in [5.41, 5.74) is 2.23. The highest BCUT2D eigenvalue weighted by Crippen LogP contribution is 2.38. The Morgan fingerprint density at radius 2 is 1.41 bits per heavy atom. The number of hydrogen-bond donors (Lipinski definition) is 0. The fourth-order valence-electron chi connectivity index (χ4n) is 3.86. The fourth-order valence-corrected chi connectivity index (χ4v) is 6.76. The number of fused-ring (bicyclic) bond motifs is 3. The van der Waals surface area contributed by atoms with Gasteiger partial charge < -0.3 is 0 Å². The van der Waals surface area contributed by atoms with Gasteiger partial charge in [-0.2, -0.15) is 0 Å². The molecule has 0 saturated heterocycles. The summed E-state index contributed by atoms with van der Waals surface area (Å²) in [4.78, 5) is 32.7. The molecule has 154 valence electrons. The quantitative estimate of drug-likeness (QED) is 0.156. The number of thiazole rings is 1. The molecule has 0 spiro atoms. The van der Waals surface area contributed by atoms with E-state index < -0.39 is 0 Å². The Kier molecular flexibility index (Phi) is 4.76. The largest absolute Gasteiger partial charge is 0.288 e. The maximum atomic E-state index is 13.1. The third kappa shape index (κ3) is 3.23. The molecule has 2 heterocycles. The predicted octanol–water partition coefficient (Wildman–Crippen LogP) is 8.17. The van der Waals surface area contributed by atoms with Crippen LogP contribution in [0.4, 0.5) is 0 Å². The average Bonchev–Trinajstić information content (AvgIpc) is 3.42. The van der Waals surface area contributed by atoms with Crippen LogP contribution in [0, 0.1) is 0 Å². The summed E-state index contributed by atoms with van der Waals surface area (Å²) in [5.74, 6) is -0.443. The number of hydrogen-bond acceptors (Lipinski definition) is 5. The molecular formula is C25H11Br2NO2S2. The summed E-state index contributed by atoms with van der Waals surface area (Å²) in [5, 5.41) is 2.79. The smallest absolute Gasteiger partial charge is 0.197 e. The van der Waals surface area contributed by atoms with E-state index in [1.165, 1.54) is 11.3 Å². The molecule has 1 aliphatic rings. The van der Waals surface area contributed by atoms with Crippen molar-refractivity contribution in [3.05, 3.63) is 91.2 Å². The van der Waals surface area contributed by atoms with Crippen molar-refractivity contribution >= 4 is 92.5 Å². The van der Waals surface area contributed by atoms with E-state index in [1.807, 2.05) is 60.7 Å². The van der Waals surface area contributed by atoms with Crippen molar-refractivity contribution < 1.29 is 9.59 Å². The van der Waals surface area contributed by atoms with Gasteiger partial charge in [-0.05, 0) is 79.0 Å². The molecule has 0 amide bonds. The Morgan fingerprint density at radius 1 is 0.781 bits per heavy atom. The number of aromatic nitrogens is 1.